The zero-order valence-electron chi connectivity index (χ0n) is 14.5. The summed E-state index contributed by atoms with van der Waals surface area (Å²) in [6, 6.07) is 16.2. The fraction of sp³-hybridized carbons (Fsp3) is 0.333. The zero-order valence-corrected chi connectivity index (χ0v) is 14.5. The third-order valence-electron chi connectivity index (χ3n) is 4.54. The molecule has 2 aromatic carbocycles. The highest BCUT2D eigenvalue weighted by molar-refractivity contribution is 6.08. The molecule has 0 bridgehead atoms. The van der Waals surface area contributed by atoms with Gasteiger partial charge in [0.1, 0.15) is 5.75 Å². The third kappa shape index (κ3) is 3.90. The summed E-state index contributed by atoms with van der Waals surface area (Å²) in [5.41, 5.74) is 1.25. The van der Waals surface area contributed by atoms with Gasteiger partial charge in [-0.2, -0.15) is 0 Å². The first kappa shape index (κ1) is 17.2. The number of ketones is 1. The lowest BCUT2D eigenvalue weighted by Gasteiger charge is -2.35. The van der Waals surface area contributed by atoms with Crippen LogP contribution in [-0.2, 0) is 0 Å². The fourth-order valence-electron chi connectivity index (χ4n) is 3.28. The minimum atomic E-state index is -0.423. The summed E-state index contributed by atoms with van der Waals surface area (Å²) in [5.74, 6) is 0.607. The second-order valence-corrected chi connectivity index (χ2v) is 6.35. The molecule has 0 radical (unpaired) electrons. The molecule has 0 saturated heterocycles. The summed E-state index contributed by atoms with van der Waals surface area (Å²) >= 11 is 0. The number of benzene rings is 2. The van der Waals surface area contributed by atoms with Crippen molar-refractivity contribution < 1.29 is 14.3 Å². The summed E-state index contributed by atoms with van der Waals surface area (Å²) in [5, 5.41) is 0. The summed E-state index contributed by atoms with van der Waals surface area (Å²) in [6.07, 6.45) is 3.92. The number of nitrogens with zero attached hydrogens (tertiary/aromatic N) is 1. The maximum atomic E-state index is 12.9. The molecule has 1 amide bonds. The fourth-order valence-corrected chi connectivity index (χ4v) is 3.28. The van der Waals surface area contributed by atoms with Crippen LogP contribution < -0.4 is 9.64 Å². The molecule has 0 spiro atoms. The van der Waals surface area contributed by atoms with Crippen LogP contribution >= 0.6 is 0 Å². The van der Waals surface area contributed by atoms with E-state index in [4.69, 9.17) is 4.74 Å². The van der Waals surface area contributed by atoms with Gasteiger partial charge in [-0.15, -0.1) is 0 Å². The summed E-state index contributed by atoms with van der Waals surface area (Å²) in [4.78, 5) is 27.0. The van der Waals surface area contributed by atoms with Crippen LogP contribution in [0.4, 0.5) is 10.5 Å². The Labute approximate surface area is 148 Å². The van der Waals surface area contributed by atoms with Gasteiger partial charge in [0.2, 0.25) is 0 Å². The summed E-state index contributed by atoms with van der Waals surface area (Å²) < 4.78 is 5.56. The quantitative estimate of drug-likeness (QED) is 0.702. The van der Waals surface area contributed by atoms with Crippen LogP contribution in [0.25, 0.3) is 0 Å². The number of para-hydroxylation sites is 2. The van der Waals surface area contributed by atoms with E-state index in [1.807, 2.05) is 36.4 Å². The van der Waals surface area contributed by atoms with Gasteiger partial charge in [0.25, 0.3) is 0 Å². The predicted octanol–water partition coefficient (Wildman–Crippen LogP) is 5.23. The van der Waals surface area contributed by atoms with Crippen molar-refractivity contribution in [3.05, 3.63) is 60.2 Å². The van der Waals surface area contributed by atoms with Gasteiger partial charge in [0, 0.05) is 18.0 Å². The van der Waals surface area contributed by atoms with Crippen molar-refractivity contribution in [1.82, 2.24) is 0 Å². The van der Waals surface area contributed by atoms with E-state index in [9.17, 15) is 9.59 Å². The molecular weight excluding hydrogens is 314 g/mol. The monoisotopic (exact) mass is 337 g/mol. The molecule has 0 aliphatic carbocycles. The Morgan fingerprint density at radius 2 is 1.80 bits per heavy atom. The Hall–Kier alpha value is -2.62. The summed E-state index contributed by atoms with van der Waals surface area (Å²) in [7, 11) is 0. The lowest BCUT2D eigenvalue weighted by atomic mass is 9.92. The van der Waals surface area contributed by atoms with Crippen LogP contribution in [0, 0.1) is 0 Å². The first-order valence-electron chi connectivity index (χ1n) is 8.89. The minimum absolute atomic E-state index is 0.0980. The second kappa shape index (κ2) is 7.97. The second-order valence-electron chi connectivity index (χ2n) is 6.35. The molecule has 130 valence electrons. The topological polar surface area (TPSA) is 46.6 Å². The van der Waals surface area contributed by atoms with Crippen molar-refractivity contribution in [3.63, 3.8) is 0 Å². The van der Waals surface area contributed by atoms with Gasteiger partial charge < -0.3 is 4.74 Å². The van der Waals surface area contributed by atoms with E-state index in [1.165, 1.54) is 0 Å². The van der Waals surface area contributed by atoms with Crippen LogP contribution in [0.2, 0.25) is 0 Å². The van der Waals surface area contributed by atoms with Gasteiger partial charge in [-0.1, -0.05) is 56.5 Å². The van der Waals surface area contributed by atoms with Crippen LogP contribution in [0.1, 0.15) is 49.4 Å². The van der Waals surface area contributed by atoms with E-state index in [1.54, 1.807) is 23.1 Å². The Morgan fingerprint density at radius 1 is 1.08 bits per heavy atom. The molecule has 3 rings (SSSR count). The number of unbranched alkanes of at least 4 members (excludes halogenated alkanes) is 2. The average Bonchev–Trinajstić information content (AvgIpc) is 2.63. The first-order chi connectivity index (χ1) is 12.2. The number of anilines is 1. The Kier molecular flexibility index (Phi) is 5.49. The smallest absolute Gasteiger partial charge is 0.410 e. The molecule has 0 N–H and O–H groups in total. The number of hydrogen-bond donors (Lipinski definition) is 0. The molecule has 25 heavy (non-hydrogen) atoms. The average molecular weight is 337 g/mol. The normalized spacial score (nSPS) is 16.4. The van der Waals surface area contributed by atoms with E-state index < -0.39 is 6.09 Å². The van der Waals surface area contributed by atoms with Crippen molar-refractivity contribution >= 4 is 17.6 Å². The van der Waals surface area contributed by atoms with Gasteiger partial charge in [-0.05, 0) is 30.7 Å². The Bertz CT molecular complexity index is 742. The third-order valence-corrected chi connectivity index (χ3v) is 4.54. The Balaban J connectivity index is 1.88. The lowest BCUT2D eigenvalue weighted by molar-refractivity contribution is 0.0964. The number of amides is 1. The molecule has 1 unspecified atom stereocenters. The van der Waals surface area contributed by atoms with E-state index in [-0.39, 0.29) is 11.8 Å². The molecule has 2 aromatic rings. The molecule has 1 aliphatic rings. The number of hydrogen-bond acceptors (Lipinski definition) is 3. The molecule has 1 heterocycles. The highest BCUT2D eigenvalue weighted by atomic mass is 16.6. The van der Waals surface area contributed by atoms with E-state index in [2.05, 4.69) is 6.92 Å². The van der Waals surface area contributed by atoms with Gasteiger partial charge >= 0.3 is 6.09 Å². The zero-order chi connectivity index (χ0) is 17.6. The van der Waals surface area contributed by atoms with Crippen molar-refractivity contribution in [2.24, 2.45) is 0 Å². The number of rotatable bonds is 5. The number of ether oxygens (including phenoxy) is 1. The van der Waals surface area contributed by atoms with E-state index in [0.717, 1.165) is 25.7 Å². The molecule has 0 fully saturated rings. The molecular formula is C21H23NO3. The standard InChI is InChI=1S/C21H23NO3/c1-2-3-5-10-16-15-20(23)18-13-8-9-14-19(18)22(16)21(24)25-17-11-6-4-7-12-17/h4,6-9,11-14,16H,2-3,5,10,15H2,1H3. The largest absolute Gasteiger partial charge is 0.420 e. The SMILES string of the molecule is CCCCCC1CC(=O)c2ccccc2N1C(=O)Oc1ccccc1. The molecule has 4 heteroatoms. The number of carbonyl (C=O) groups is 2. The van der Waals surface area contributed by atoms with Gasteiger partial charge in [-0.25, -0.2) is 4.79 Å². The summed E-state index contributed by atoms with van der Waals surface area (Å²) in [6.45, 7) is 2.14. The van der Waals surface area contributed by atoms with E-state index >= 15 is 0 Å². The molecule has 0 saturated carbocycles. The van der Waals surface area contributed by atoms with Crippen LogP contribution in [0.5, 0.6) is 5.75 Å². The van der Waals surface area contributed by atoms with Crippen molar-refractivity contribution in [2.75, 3.05) is 4.90 Å². The number of fused-ring (bicyclic) bond motifs is 1. The minimum Gasteiger partial charge on any atom is -0.410 e. The predicted molar refractivity (Wildman–Crippen MR) is 98.3 cm³/mol. The lowest BCUT2D eigenvalue weighted by Crippen LogP contribution is -2.46. The van der Waals surface area contributed by atoms with Crippen LogP contribution in [-0.4, -0.2) is 17.9 Å². The van der Waals surface area contributed by atoms with Crippen LogP contribution in [0.3, 0.4) is 0 Å². The van der Waals surface area contributed by atoms with Crippen molar-refractivity contribution in [2.45, 2.75) is 45.1 Å². The highest BCUT2D eigenvalue weighted by Gasteiger charge is 2.35. The van der Waals surface area contributed by atoms with Gasteiger partial charge in [-0.3, -0.25) is 9.69 Å². The maximum absolute atomic E-state index is 12.9. The van der Waals surface area contributed by atoms with Gasteiger partial charge in [0.15, 0.2) is 5.78 Å². The highest BCUT2D eigenvalue weighted by Crippen LogP contribution is 2.33. The molecule has 1 atom stereocenters. The van der Waals surface area contributed by atoms with E-state index in [0.29, 0.717) is 23.4 Å². The van der Waals surface area contributed by atoms with Gasteiger partial charge in [0.05, 0.1) is 5.69 Å². The maximum Gasteiger partial charge on any atom is 0.420 e. The first-order valence-corrected chi connectivity index (χ1v) is 8.89. The van der Waals surface area contributed by atoms with Crippen molar-refractivity contribution in [1.29, 1.82) is 0 Å². The molecule has 1 aliphatic heterocycles. The van der Waals surface area contributed by atoms with Crippen LogP contribution in [0.15, 0.2) is 54.6 Å². The Morgan fingerprint density at radius 3 is 2.56 bits per heavy atom. The molecule has 4 nitrogen and oxygen atoms in total. The number of Topliss-reactive ketones (excluding diaryl/α,β-unsaturated/α-hetero) is 1. The molecule has 0 aromatic heterocycles. The number of carbonyl (C=O) groups excluding carboxylic acids is 2. The van der Waals surface area contributed by atoms with Crippen molar-refractivity contribution in [3.8, 4) is 5.75 Å².